The van der Waals surface area contributed by atoms with Gasteiger partial charge in [-0.05, 0) is 20.3 Å². The Morgan fingerprint density at radius 3 is 2.83 bits per heavy atom. The summed E-state index contributed by atoms with van der Waals surface area (Å²) in [6.45, 7) is 4.31. The number of nitrogens with zero attached hydrogens (tertiary/aromatic N) is 3. The first-order valence-corrected chi connectivity index (χ1v) is 5.79. The van der Waals surface area contributed by atoms with E-state index in [1.54, 1.807) is 13.8 Å². The van der Waals surface area contributed by atoms with E-state index in [4.69, 9.17) is 4.74 Å². The molecule has 1 aliphatic heterocycles. The van der Waals surface area contributed by atoms with Gasteiger partial charge in [0.1, 0.15) is 17.9 Å². The predicted molar refractivity (Wildman–Crippen MR) is 62.3 cm³/mol. The minimum atomic E-state index is -0.461. The zero-order valence-electron chi connectivity index (χ0n) is 10.4. The number of carbonyl (C=O) groups excluding carboxylic acids is 1. The number of ketones is 1. The van der Waals surface area contributed by atoms with E-state index in [-0.39, 0.29) is 23.9 Å². The number of hydrogen-bond donors (Lipinski definition) is 0. The van der Waals surface area contributed by atoms with Gasteiger partial charge in [-0.25, -0.2) is 0 Å². The molecule has 7 nitrogen and oxygen atoms in total. The Kier molecular flexibility index (Phi) is 3.42. The van der Waals surface area contributed by atoms with Gasteiger partial charge >= 0.3 is 5.69 Å². The van der Waals surface area contributed by atoms with E-state index in [0.29, 0.717) is 24.6 Å². The highest BCUT2D eigenvalue weighted by Gasteiger charge is 2.27. The van der Waals surface area contributed by atoms with Crippen LogP contribution in [-0.2, 0) is 16.1 Å². The van der Waals surface area contributed by atoms with Gasteiger partial charge in [-0.3, -0.25) is 19.6 Å². The number of Topliss-reactive ketones (excluding diaryl/α,β-unsaturated/α-hetero) is 1. The van der Waals surface area contributed by atoms with Crippen molar-refractivity contribution in [2.75, 3.05) is 13.2 Å². The van der Waals surface area contributed by atoms with Crippen LogP contribution in [0.3, 0.4) is 0 Å². The molecular weight excluding hydrogens is 238 g/mol. The Balaban J connectivity index is 2.17. The largest absolute Gasteiger partial charge is 0.381 e. The first-order valence-electron chi connectivity index (χ1n) is 5.79. The quantitative estimate of drug-likeness (QED) is 0.590. The van der Waals surface area contributed by atoms with Gasteiger partial charge in [0, 0.05) is 12.5 Å². The second-order valence-electron chi connectivity index (χ2n) is 4.46. The third kappa shape index (κ3) is 2.26. The van der Waals surface area contributed by atoms with Crippen LogP contribution >= 0.6 is 0 Å². The number of rotatable bonds is 4. The van der Waals surface area contributed by atoms with Crippen molar-refractivity contribution in [3.05, 3.63) is 21.5 Å². The van der Waals surface area contributed by atoms with E-state index >= 15 is 0 Å². The SMILES string of the molecule is Cc1nn(CC(=O)C2CCOC2)c(C)c1[N+](=O)[O-]. The molecule has 1 fully saturated rings. The lowest BCUT2D eigenvalue weighted by Gasteiger charge is -2.07. The maximum atomic E-state index is 11.9. The second-order valence-corrected chi connectivity index (χ2v) is 4.46. The molecular formula is C11H15N3O4. The summed E-state index contributed by atoms with van der Waals surface area (Å²) in [5.41, 5.74) is 0.753. The molecule has 0 aliphatic carbocycles. The summed E-state index contributed by atoms with van der Waals surface area (Å²) >= 11 is 0. The molecule has 1 unspecified atom stereocenters. The van der Waals surface area contributed by atoms with E-state index in [1.807, 2.05) is 0 Å². The minimum absolute atomic E-state index is 0.00882. The second kappa shape index (κ2) is 4.85. The standard InChI is InChI=1S/C11H15N3O4/c1-7-11(14(16)17)8(2)13(12-7)5-10(15)9-3-4-18-6-9/h9H,3-6H2,1-2H3. The van der Waals surface area contributed by atoms with E-state index < -0.39 is 4.92 Å². The number of carbonyl (C=O) groups is 1. The molecule has 1 aromatic heterocycles. The lowest BCUT2D eigenvalue weighted by atomic mass is 10.0. The highest BCUT2D eigenvalue weighted by atomic mass is 16.6. The minimum Gasteiger partial charge on any atom is -0.381 e. The van der Waals surface area contributed by atoms with Gasteiger partial charge in [-0.15, -0.1) is 0 Å². The average molecular weight is 253 g/mol. The molecule has 0 bridgehead atoms. The molecule has 0 radical (unpaired) electrons. The van der Waals surface area contributed by atoms with Crippen molar-refractivity contribution in [3.63, 3.8) is 0 Å². The molecule has 0 N–H and O–H groups in total. The van der Waals surface area contributed by atoms with E-state index in [2.05, 4.69) is 5.10 Å². The van der Waals surface area contributed by atoms with Crippen molar-refractivity contribution >= 4 is 11.5 Å². The summed E-state index contributed by atoms with van der Waals surface area (Å²) in [4.78, 5) is 22.3. The predicted octanol–water partition coefficient (Wildman–Crippen LogP) is 1.01. The molecule has 18 heavy (non-hydrogen) atoms. The zero-order chi connectivity index (χ0) is 13.3. The lowest BCUT2D eigenvalue weighted by molar-refractivity contribution is -0.386. The monoisotopic (exact) mass is 253 g/mol. The molecule has 1 aliphatic rings. The molecule has 1 atom stereocenters. The van der Waals surface area contributed by atoms with E-state index in [9.17, 15) is 14.9 Å². The molecule has 0 amide bonds. The summed E-state index contributed by atoms with van der Waals surface area (Å²) in [7, 11) is 0. The Hall–Kier alpha value is -1.76. The zero-order valence-corrected chi connectivity index (χ0v) is 10.4. The molecule has 0 aromatic carbocycles. The van der Waals surface area contributed by atoms with Crippen LogP contribution in [0.4, 0.5) is 5.69 Å². The third-order valence-corrected chi connectivity index (χ3v) is 3.22. The van der Waals surface area contributed by atoms with Gasteiger partial charge in [0.25, 0.3) is 0 Å². The van der Waals surface area contributed by atoms with E-state index in [0.717, 1.165) is 6.42 Å². The van der Waals surface area contributed by atoms with E-state index in [1.165, 1.54) is 4.68 Å². The molecule has 1 saturated heterocycles. The summed E-state index contributed by atoms with van der Waals surface area (Å²) in [5, 5.41) is 14.9. The maximum absolute atomic E-state index is 11.9. The van der Waals surface area contributed by atoms with Crippen molar-refractivity contribution in [1.82, 2.24) is 9.78 Å². The molecule has 0 saturated carbocycles. The van der Waals surface area contributed by atoms with Gasteiger partial charge < -0.3 is 4.74 Å². The normalized spacial score (nSPS) is 19.1. The maximum Gasteiger partial charge on any atom is 0.312 e. The van der Waals surface area contributed by atoms with Crippen LogP contribution in [0.15, 0.2) is 0 Å². The number of nitro groups is 1. The van der Waals surface area contributed by atoms with Gasteiger partial charge in [-0.2, -0.15) is 5.10 Å². The van der Waals surface area contributed by atoms with Crippen LogP contribution in [0.1, 0.15) is 17.8 Å². The summed E-state index contributed by atoms with van der Waals surface area (Å²) < 4.78 is 6.57. The topological polar surface area (TPSA) is 87.3 Å². The van der Waals surface area contributed by atoms with Crippen molar-refractivity contribution in [1.29, 1.82) is 0 Å². The van der Waals surface area contributed by atoms with Crippen LogP contribution < -0.4 is 0 Å². The lowest BCUT2D eigenvalue weighted by Crippen LogP contribution is -2.21. The summed E-state index contributed by atoms with van der Waals surface area (Å²) in [6, 6.07) is 0. The Labute approximate surface area is 104 Å². The average Bonchev–Trinajstić information content (AvgIpc) is 2.88. The molecule has 2 rings (SSSR count). The highest BCUT2D eigenvalue weighted by Crippen LogP contribution is 2.22. The van der Waals surface area contributed by atoms with Crippen molar-refractivity contribution in [2.45, 2.75) is 26.8 Å². The Morgan fingerprint density at radius 2 is 2.33 bits per heavy atom. The fourth-order valence-electron chi connectivity index (χ4n) is 2.17. The number of ether oxygens (including phenoxy) is 1. The third-order valence-electron chi connectivity index (χ3n) is 3.22. The van der Waals surface area contributed by atoms with Gasteiger partial charge in [0.05, 0.1) is 11.5 Å². The molecule has 2 heterocycles. The number of aryl methyl sites for hydroxylation is 1. The number of hydrogen-bond acceptors (Lipinski definition) is 5. The fraction of sp³-hybridized carbons (Fsp3) is 0.636. The smallest absolute Gasteiger partial charge is 0.312 e. The van der Waals surface area contributed by atoms with Crippen LogP contribution in [0.25, 0.3) is 0 Å². The van der Waals surface area contributed by atoms with Gasteiger partial charge in [0.2, 0.25) is 0 Å². The van der Waals surface area contributed by atoms with Crippen LogP contribution in [0.5, 0.6) is 0 Å². The molecule has 1 aromatic rings. The molecule has 0 spiro atoms. The first-order chi connectivity index (χ1) is 8.50. The first kappa shape index (κ1) is 12.7. The molecule has 98 valence electrons. The number of aromatic nitrogens is 2. The van der Waals surface area contributed by atoms with Gasteiger partial charge in [0.15, 0.2) is 5.78 Å². The fourth-order valence-corrected chi connectivity index (χ4v) is 2.17. The van der Waals surface area contributed by atoms with Crippen molar-refractivity contribution < 1.29 is 14.5 Å². The Bertz CT molecular complexity index is 489. The summed E-state index contributed by atoms with van der Waals surface area (Å²) in [6.07, 6.45) is 0.722. The van der Waals surface area contributed by atoms with Crippen LogP contribution in [0, 0.1) is 29.9 Å². The molecule has 7 heteroatoms. The van der Waals surface area contributed by atoms with Gasteiger partial charge in [-0.1, -0.05) is 0 Å². The highest BCUT2D eigenvalue weighted by molar-refractivity contribution is 5.81. The Morgan fingerprint density at radius 1 is 1.61 bits per heavy atom. The van der Waals surface area contributed by atoms with Crippen molar-refractivity contribution in [2.24, 2.45) is 5.92 Å². The van der Waals surface area contributed by atoms with Crippen LogP contribution in [-0.4, -0.2) is 33.7 Å². The van der Waals surface area contributed by atoms with Crippen LogP contribution in [0.2, 0.25) is 0 Å². The van der Waals surface area contributed by atoms with Crippen molar-refractivity contribution in [3.8, 4) is 0 Å². The summed E-state index contributed by atoms with van der Waals surface area (Å²) in [5.74, 6) is -0.0824.